The van der Waals surface area contributed by atoms with Gasteiger partial charge in [0, 0.05) is 6.54 Å². The van der Waals surface area contributed by atoms with Gasteiger partial charge in [-0.2, -0.15) is 5.10 Å². The van der Waals surface area contributed by atoms with Crippen molar-refractivity contribution in [1.29, 1.82) is 0 Å². The molecular weight excluding hydrogens is 142 g/mol. The molecule has 0 atom stereocenters. The van der Waals surface area contributed by atoms with Gasteiger partial charge in [0.15, 0.2) is 0 Å². The van der Waals surface area contributed by atoms with Gasteiger partial charge in [-0.1, -0.05) is 0 Å². The zero-order valence-electron chi connectivity index (χ0n) is 6.81. The predicted molar refractivity (Wildman–Crippen MR) is 43.4 cm³/mol. The highest BCUT2D eigenvalue weighted by Gasteiger charge is 2.06. The van der Waals surface area contributed by atoms with Crippen LogP contribution in [-0.2, 0) is 6.61 Å². The molecule has 0 spiro atoms. The molecule has 0 bridgehead atoms. The minimum absolute atomic E-state index is 0.0212. The highest BCUT2D eigenvalue weighted by atomic mass is 16.3. The third-order valence-electron chi connectivity index (χ3n) is 1.53. The van der Waals surface area contributed by atoms with Crippen LogP contribution < -0.4 is 5.32 Å². The second-order valence-corrected chi connectivity index (χ2v) is 2.36. The van der Waals surface area contributed by atoms with Gasteiger partial charge in [0.1, 0.15) is 5.69 Å². The predicted octanol–water partition coefficient (Wildman–Crippen LogP) is 0.642. The van der Waals surface area contributed by atoms with E-state index in [1.54, 1.807) is 0 Å². The fourth-order valence-corrected chi connectivity index (χ4v) is 1.01. The summed E-state index contributed by atoms with van der Waals surface area (Å²) in [4.78, 5) is 0. The molecule has 0 radical (unpaired) electrons. The number of aromatic amines is 1. The molecule has 1 aromatic rings. The average molecular weight is 155 g/mol. The van der Waals surface area contributed by atoms with Gasteiger partial charge in [0.05, 0.1) is 18.0 Å². The van der Waals surface area contributed by atoms with E-state index >= 15 is 0 Å². The number of aliphatic hydroxyl groups is 1. The minimum atomic E-state index is -0.0212. The highest BCUT2D eigenvalue weighted by molar-refractivity contribution is 5.51. The molecule has 0 unspecified atom stereocenters. The molecule has 1 rings (SSSR count). The van der Waals surface area contributed by atoms with Crippen LogP contribution in [0, 0.1) is 6.92 Å². The molecule has 0 aliphatic heterocycles. The maximum atomic E-state index is 8.84. The molecule has 0 aliphatic carbocycles. The fourth-order valence-electron chi connectivity index (χ4n) is 1.01. The van der Waals surface area contributed by atoms with Crippen LogP contribution in [0.5, 0.6) is 0 Å². The summed E-state index contributed by atoms with van der Waals surface area (Å²) in [6.07, 6.45) is 0. The van der Waals surface area contributed by atoms with Crippen LogP contribution in [0.25, 0.3) is 0 Å². The van der Waals surface area contributed by atoms with Gasteiger partial charge in [-0.3, -0.25) is 5.10 Å². The molecular formula is C7H13N3O. The van der Waals surface area contributed by atoms with Crippen LogP contribution in [-0.4, -0.2) is 21.8 Å². The van der Waals surface area contributed by atoms with E-state index in [1.807, 2.05) is 13.8 Å². The van der Waals surface area contributed by atoms with Gasteiger partial charge in [-0.15, -0.1) is 0 Å². The average Bonchev–Trinajstić information content (AvgIpc) is 2.34. The molecule has 0 fully saturated rings. The summed E-state index contributed by atoms with van der Waals surface area (Å²) >= 11 is 0. The molecule has 3 N–H and O–H groups in total. The third-order valence-corrected chi connectivity index (χ3v) is 1.53. The molecule has 62 valence electrons. The van der Waals surface area contributed by atoms with E-state index in [0.717, 1.165) is 17.9 Å². The molecule has 0 amide bonds. The number of aromatic nitrogens is 2. The lowest BCUT2D eigenvalue weighted by Crippen LogP contribution is -2.00. The molecule has 0 aliphatic rings. The Morgan fingerprint density at radius 1 is 1.64 bits per heavy atom. The summed E-state index contributed by atoms with van der Waals surface area (Å²) in [5.74, 6) is 0. The quantitative estimate of drug-likeness (QED) is 0.600. The van der Waals surface area contributed by atoms with Crippen LogP contribution in [0.15, 0.2) is 0 Å². The lowest BCUT2D eigenvalue weighted by Gasteiger charge is -2.01. The van der Waals surface area contributed by atoms with Crippen molar-refractivity contribution >= 4 is 5.69 Å². The number of anilines is 1. The van der Waals surface area contributed by atoms with Crippen molar-refractivity contribution in [2.24, 2.45) is 0 Å². The van der Waals surface area contributed by atoms with Gasteiger partial charge in [-0.25, -0.2) is 0 Å². The maximum Gasteiger partial charge on any atom is 0.111 e. The molecule has 11 heavy (non-hydrogen) atoms. The van der Waals surface area contributed by atoms with E-state index in [2.05, 4.69) is 15.5 Å². The smallest absolute Gasteiger partial charge is 0.111 e. The van der Waals surface area contributed by atoms with Gasteiger partial charge in [-0.05, 0) is 13.8 Å². The molecule has 1 aromatic heterocycles. The van der Waals surface area contributed by atoms with E-state index in [9.17, 15) is 0 Å². The van der Waals surface area contributed by atoms with Gasteiger partial charge < -0.3 is 10.4 Å². The van der Waals surface area contributed by atoms with Crippen molar-refractivity contribution in [2.45, 2.75) is 20.5 Å². The Morgan fingerprint density at radius 2 is 2.36 bits per heavy atom. The Hall–Kier alpha value is -1.03. The van der Waals surface area contributed by atoms with E-state index in [0.29, 0.717) is 5.69 Å². The highest BCUT2D eigenvalue weighted by Crippen LogP contribution is 2.16. The lowest BCUT2D eigenvalue weighted by atomic mass is 10.3. The third kappa shape index (κ3) is 1.51. The van der Waals surface area contributed by atoms with Crippen molar-refractivity contribution in [3.05, 3.63) is 11.4 Å². The Kier molecular flexibility index (Phi) is 2.48. The number of nitrogens with one attached hydrogen (secondary N) is 2. The number of rotatable bonds is 3. The monoisotopic (exact) mass is 155 g/mol. The maximum absolute atomic E-state index is 8.84. The molecule has 1 heterocycles. The Bertz CT molecular complexity index is 232. The first-order valence-corrected chi connectivity index (χ1v) is 3.68. The largest absolute Gasteiger partial charge is 0.390 e. The van der Waals surface area contributed by atoms with Crippen LogP contribution in [0.1, 0.15) is 18.3 Å². The lowest BCUT2D eigenvalue weighted by molar-refractivity contribution is 0.277. The number of nitrogens with zero attached hydrogens (tertiary/aromatic N) is 1. The number of hydrogen-bond acceptors (Lipinski definition) is 3. The number of H-pyrrole nitrogens is 1. The van der Waals surface area contributed by atoms with Crippen molar-refractivity contribution < 1.29 is 5.11 Å². The Morgan fingerprint density at radius 3 is 2.91 bits per heavy atom. The van der Waals surface area contributed by atoms with Crippen LogP contribution >= 0.6 is 0 Å². The Balaban J connectivity index is 2.88. The van der Waals surface area contributed by atoms with Crippen LogP contribution in [0.3, 0.4) is 0 Å². The molecule has 0 saturated carbocycles. The normalized spacial score (nSPS) is 10.1. The number of aryl methyl sites for hydroxylation is 1. The SMILES string of the molecule is CCNc1c(CO)n[nH]c1C. The topological polar surface area (TPSA) is 60.9 Å². The van der Waals surface area contributed by atoms with Crippen molar-refractivity contribution in [3.8, 4) is 0 Å². The molecule has 0 aromatic carbocycles. The molecule has 4 heteroatoms. The molecule has 0 saturated heterocycles. The second kappa shape index (κ2) is 3.39. The summed E-state index contributed by atoms with van der Waals surface area (Å²) in [5.41, 5.74) is 2.58. The Labute approximate surface area is 65.6 Å². The van der Waals surface area contributed by atoms with Gasteiger partial charge in [0.2, 0.25) is 0 Å². The fraction of sp³-hybridized carbons (Fsp3) is 0.571. The standard InChI is InChI=1S/C7H13N3O/c1-3-8-7-5(2)9-10-6(7)4-11/h8,11H,3-4H2,1-2H3,(H,9,10). The summed E-state index contributed by atoms with van der Waals surface area (Å²) in [6.45, 7) is 4.75. The van der Waals surface area contributed by atoms with Crippen molar-refractivity contribution in [1.82, 2.24) is 10.2 Å². The number of hydrogen-bond donors (Lipinski definition) is 3. The first kappa shape index (κ1) is 8.07. The summed E-state index contributed by atoms with van der Waals surface area (Å²) < 4.78 is 0. The number of aliphatic hydroxyl groups excluding tert-OH is 1. The van der Waals surface area contributed by atoms with E-state index < -0.39 is 0 Å². The minimum Gasteiger partial charge on any atom is -0.390 e. The van der Waals surface area contributed by atoms with Crippen molar-refractivity contribution in [2.75, 3.05) is 11.9 Å². The van der Waals surface area contributed by atoms with Crippen molar-refractivity contribution in [3.63, 3.8) is 0 Å². The van der Waals surface area contributed by atoms with E-state index in [1.165, 1.54) is 0 Å². The van der Waals surface area contributed by atoms with Crippen LogP contribution in [0.2, 0.25) is 0 Å². The van der Waals surface area contributed by atoms with Crippen LogP contribution in [0.4, 0.5) is 5.69 Å². The van der Waals surface area contributed by atoms with E-state index in [4.69, 9.17) is 5.11 Å². The van der Waals surface area contributed by atoms with Gasteiger partial charge in [0.25, 0.3) is 0 Å². The van der Waals surface area contributed by atoms with Gasteiger partial charge >= 0.3 is 0 Å². The first-order chi connectivity index (χ1) is 5.29. The summed E-state index contributed by atoms with van der Waals surface area (Å²) in [6, 6.07) is 0. The van der Waals surface area contributed by atoms with E-state index in [-0.39, 0.29) is 6.61 Å². The summed E-state index contributed by atoms with van der Waals surface area (Å²) in [7, 11) is 0. The first-order valence-electron chi connectivity index (χ1n) is 3.68. The molecule has 4 nitrogen and oxygen atoms in total. The zero-order chi connectivity index (χ0) is 8.27. The second-order valence-electron chi connectivity index (χ2n) is 2.36. The summed E-state index contributed by atoms with van der Waals surface area (Å²) in [5, 5.41) is 18.7. The zero-order valence-corrected chi connectivity index (χ0v) is 6.81.